The molecule has 24 heavy (non-hydrogen) atoms. The second kappa shape index (κ2) is 7.55. The smallest absolute Gasteiger partial charge is 0.118 e. The Bertz CT molecular complexity index is 774. The van der Waals surface area contributed by atoms with E-state index < -0.39 is 0 Å². The van der Waals surface area contributed by atoms with Gasteiger partial charge in [-0.05, 0) is 61.1 Å². The van der Waals surface area contributed by atoms with Crippen LogP contribution in [0.1, 0.15) is 54.5 Å². The fourth-order valence-electron chi connectivity index (χ4n) is 3.42. The van der Waals surface area contributed by atoms with Crippen LogP contribution >= 0.6 is 0 Å². The van der Waals surface area contributed by atoms with E-state index in [1.807, 2.05) is 19.1 Å². The molecular formula is C22H26O2. The molecule has 0 bridgehead atoms. The molecule has 2 heteroatoms. The second-order valence-corrected chi connectivity index (χ2v) is 6.28. The van der Waals surface area contributed by atoms with E-state index in [2.05, 4.69) is 50.8 Å². The van der Waals surface area contributed by atoms with E-state index in [9.17, 15) is 5.11 Å². The Morgan fingerprint density at radius 3 is 2.00 bits per heavy atom. The first-order chi connectivity index (χ1) is 11.5. The number of aliphatic hydroxyl groups excluding tert-OH is 1. The lowest BCUT2D eigenvalue weighted by Gasteiger charge is -2.34. The van der Waals surface area contributed by atoms with Gasteiger partial charge in [-0.1, -0.05) is 50.0 Å². The van der Waals surface area contributed by atoms with Crippen LogP contribution in [-0.4, -0.2) is 16.8 Å². The van der Waals surface area contributed by atoms with Crippen molar-refractivity contribution in [2.24, 2.45) is 0 Å². The average molecular weight is 322 g/mol. The van der Waals surface area contributed by atoms with Crippen molar-refractivity contribution in [2.45, 2.75) is 46.0 Å². The van der Waals surface area contributed by atoms with Crippen LogP contribution in [0.4, 0.5) is 0 Å². The number of hydrogen-bond donors (Lipinski definition) is 2. The Morgan fingerprint density at radius 2 is 1.50 bits per heavy atom. The van der Waals surface area contributed by atoms with Crippen molar-refractivity contribution < 1.29 is 10.2 Å². The average Bonchev–Trinajstić information content (AvgIpc) is 2.58. The molecule has 0 heterocycles. The number of rotatable bonds is 4. The van der Waals surface area contributed by atoms with Crippen molar-refractivity contribution in [1.82, 2.24) is 0 Å². The fraction of sp³-hybridized carbons (Fsp3) is 0.364. The Kier molecular flexibility index (Phi) is 5.70. The van der Waals surface area contributed by atoms with Gasteiger partial charge in [0.1, 0.15) is 12.4 Å². The Morgan fingerprint density at radius 1 is 0.917 bits per heavy atom. The molecule has 126 valence electrons. The SMILES string of the molecule is CCC(CC)(c1ccc(O)c(C)c1)c1ccc(C#CCO)c(C)c1. The number of aliphatic hydroxyl groups is 1. The van der Waals surface area contributed by atoms with Crippen LogP contribution in [0.5, 0.6) is 5.75 Å². The molecule has 0 unspecified atom stereocenters. The van der Waals surface area contributed by atoms with Crippen LogP contribution in [0.25, 0.3) is 0 Å². The normalized spacial score (nSPS) is 11.0. The molecule has 0 spiro atoms. The van der Waals surface area contributed by atoms with Gasteiger partial charge in [-0.2, -0.15) is 0 Å². The van der Waals surface area contributed by atoms with Crippen LogP contribution in [0.2, 0.25) is 0 Å². The van der Waals surface area contributed by atoms with Crippen LogP contribution in [0, 0.1) is 25.7 Å². The van der Waals surface area contributed by atoms with Gasteiger partial charge in [0.15, 0.2) is 0 Å². The van der Waals surface area contributed by atoms with Crippen LogP contribution < -0.4 is 0 Å². The third kappa shape index (κ3) is 3.32. The maximum absolute atomic E-state index is 9.85. The monoisotopic (exact) mass is 322 g/mol. The number of aryl methyl sites for hydroxylation is 2. The summed E-state index contributed by atoms with van der Waals surface area (Å²) >= 11 is 0. The molecule has 2 aromatic carbocycles. The molecule has 0 radical (unpaired) electrons. The minimum atomic E-state index is -0.123. The Balaban J connectivity index is 2.58. The molecule has 0 atom stereocenters. The van der Waals surface area contributed by atoms with Crippen molar-refractivity contribution in [1.29, 1.82) is 0 Å². The van der Waals surface area contributed by atoms with E-state index in [4.69, 9.17) is 5.11 Å². The van der Waals surface area contributed by atoms with Gasteiger partial charge in [-0.25, -0.2) is 0 Å². The number of hydrogen-bond acceptors (Lipinski definition) is 2. The molecular weight excluding hydrogens is 296 g/mol. The van der Waals surface area contributed by atoms with Gasteiger partial charge < -0.3 is 10.2 Å². The molecule has 0 fully saturated rings. The topological polar surface area (TPSA) is 40.5 Å². The van der Waals surface area contributed by atoms with Gasteiger partial charge in [0.05, 0.1) is 0 Å². The van der Waals surface area contributed by atoms with E-state index in [1.54, 1.807) is 6.07 Å². The minimum Gasteiger partial charge on any atom is -0.508 e. The van der Waals surface area contributed by atoms with Crippen molar-refractivity contribution in [2.75, 3.05) is 6.61 Å². The quantitative estimate of drug-likeness (QED) is 0.816. The molecule has 2 N–H and O–H groups in total. The molecule has 0 aliphatic carbocycles. The highest BCUT2D eigenvalue weighted by Crippen LogP contribution is 2.40. The lowest BCUT2D eigenvalue weighted by Crippen LogP contribution is -2.26. The number of aromatic hydroxyl groups is 1. The summed E-state index contributed by atoms with van der Waals surface area (Å²) in [6.45, 7) is 8.29. The van der Waals surface area contributed by atoms with Crippen LogP contribution in [0.3, 0.4) is 0 Å². The van der Waals surface area contributed by atoms with Crippen molar-refractivity contribution in [3.63, 3.8) is 0 Å². The summed E-state index contributed by atoms with van der Waals surface area (Å²) in [6, 6.07) is 12.3. The zero-order valence-electron chi connectivity index (χ0n) is 15.0. The number of phenolic OH excluding ortho intramolecular Hbond substituents is 1. The van der Waals surface area contributed by atoms with E-state index in [0.29, 0.717) is 5.75 Å². The van der Waals surface area contributed by atoms with Crippen molar-refractivity contribution >= 4 is 0 Å². The van der Waals surface area contributed by atoms with Gasteiger partial charge in [-0.15, -0.1) is 0 Å². The maximum Gasteiger partial charge on any atom is 0.118 e. The Hall–Kier alpha value is -2.24. The molecule has 2 nitrogen and oxygen atoms in total. The van der Waals surface area contributed by atoms with Crippen molar-refractivity contribution in [3.05, 3.63) is 64.2 Å². The van der Waals surface area contributed by atoms with Gasteiger partial charge in [0, 0.05) is 11.0 Å². The molecule has 0 aromatic heterocycles. The number of benzene rings is 2. The maximum atomic E-state index is 9.85. The molecule has 2 rings (SSSR count). The highest BCUT2D eigenvalue weighted by molar-refractivity contribution is 5.49. The zero-order valence-corrected chi connectivity index (χ0v) is 15.0. The molecule has 0 amide bonds. The summed E-state index contributed by atoms with van der Waals surface area (Å²) in [5.41, 5.74) is 5.40. The van der Waals surface area contributed by atoms with Crippen LogP contribution in [0.15, 0.2) is 36.4 Å². The first-order valence-electron chi connectivity index (χ1n) is 8.49. The second-order valence-electron chi connectivity index (χ2n) is 6.28. The predicted molar refractivity (Wildman–Crippen MR) is 99.3 cm³/mol. The van der Waals surface area contributed by atoms with Gasteiger partial charge in [-0.3, -0.25) is 0 Å². The minimum absolute atomic E-state index is 0.0772. The summed E-state index contributed by atoms with van der Waals surface area (Å²) in [5.74, 6) is 6.05. The summed E-state index contributed by atoms with van der Waals surface area (Å²) in [5, 5.41) is 18.7. The van der Waals surface area contributed by atoms with E-state index in [1.165, 1.54) is 11.1 Å². The highest BCUT2D eigenvalue weighted by Gasteiger charge is 2.31. The highest BCUT2D eigenvalue weighted by atomic mass is 16.3. The van der Waals surface area contributed by atoms with Crippen LogP contribution in [-0.2, 0) is 5.41 Å². The summed E-state index contributed by atoms with van der Waals surface area (Å²) in [4.78, 5) is 0. The first kappa shape index (κ1) is 18.1. The summed E-state index contributed by atoms with van der Waals surface area (Å²) in [6.07, 6.45) is 1.96. The predicted octanol–water partition coefficient (Wildman–Crippen LogP) is 4.46. The standard InChI is InChI=1S/C22H26O2/c1-5-22(6-2,20-11-12-21(24)17(4)15-20)19-10-9-18(8-7-13-23)16(3)14-19/h9-12,14-15,23-24H,5-6,13H2,1-4H3. The third-order valence-corrected chi connectivity index (χ3v) is 5.04. The molecule has 0 aliphatic heterocycles. The summed E-state index contributed by atoms with van der Waals surface area (Å²) in [7, 11) is 0. The van der Waals surface area contributed by atoms with Gasteiger partial charge in [0.25, 0.3) is 0 Å². The zero-order chi connectivity index (χ0) is 17.7. The first-order valence-corrected chi connectivity index (χ1v) is 8.49. The van der Waals surface area contributed by atoms with Gasteiger partial charge in [0.2, 0.25) is 0 Å². The largest absolute Gasteiger partial charge is 0.508 e. The molecule has 2 aromatic rings. The van der Waals surface area contributed by atoms with Crippen molar-refractivity contribution in [3.8, 4) is 17.6 Å². The fourth-order valence-corrected chi connectivity index (χ4v) is 3.42. The number of phenols is 1. The van der Waals surface area contributed by atoms with E-state index in [-0.39, 0.29) is 12.0 Å². The lowest BCUT2D eigenvalue weighted by molar-refractivity contribution is 0.350. The third-order valence-electron chi connectivity index (χ3n) is 5.04. The molecule has 0 aliphatic rings. The summed E-state index contributed by atoms with van der Waals surface area (Å²) < 4.78 is 0. The molecule has 0 saturated heterocycles. The van der Waals surface area contributed by atoms with E-state index in [0.717, 1.165) is 29.5 Å². The Labute approximate surface area is 145 Å². The van der Waals surface area contributed by atoms with E-state index >= 15 is 0 Å². The molecule has 0 saturated carbocycles. The lowest BCUT2D eigenvalue weighted by atomic mass is 9.70. The van der Waals surface area contributed by atoms with Gasteiger partial charge >= 0.3 is 0 Å².